The van der Waals surface area contributed by atoms with Crippen LogP contribution in [0.4, 0.5) is 9.93 Å². The van der Waals surface area contributed by atoms with Gasteiger partial charge in [-0.25, -0.2) is 19.6 Å². The molecule has 5 heterocycles. The number of carboxylic acids is 1. The number of carbonyl (C=O) groups is 4. The third-order valence-electron chi connectivity index (χ3n) is 6.11. The van der Waals surface area contributed by atoms with Gasteiger partial charge in [0.05, 0.1) is 0 Å². The van der Waals surface area contributed by atoms with E-state index in [2.05, 4.69) is 30.5 Å². The minimum atomic E-state index is -1.62. The average molecular weight is 636 g/mol. The van der Waals surface area contributed by atoms with Crippen LogP contribution in [0.2, 0.25) is 0 Å². The Morgan fingerprint density at radius 1 is 1.26 bits per heavy atom. The van der Waals surface area contributed by atoms with E-state index in [4.69, 9.17) is 15.3 Å². The van der Waals surface area contributed by atoms with E-state index in [0.29, 0.717) is 16.3 Å². The number of hydrogen-bond acceptors (Lipinski definition) is 15. The zero-order valence-electron chi connectivity index (χ0n) is 21.9. The molecule has 20 heteroatoms. The number of nitrogens with zero attached hydrogens (tertiary/aromatic N) is 7. The third kappa shape index (κ3) is 5.30. The van der Waals surface area contributed by atoms with Crippen LogP contribution in [0, 0.1) is 13.8 Å². The van der Waals surface area contributed by atoms with Crippen molar-refractivity contribution in [1.82, 2.24) is 34.8 Å². The number of nitrogens with two attached hydrogens (primary N) is 1. The Kier molecular flexibility index (Phi) is 7.93. The summed E-state index contributed by atoms with van der Waals surface area (Å²) in [5.74, 6) is -2.67. The summed E-state index contributed by atoms with van der Waals surface area (Å²) in [7, 11) is 1.25. The number of carboxylic acid groups (broad SMARTS) is 2. The highest BCUT2D eigenvalue weighted by Crippen LogP contribution is 2.42. The van der Waals surface area contributed by atoms with Crippen LogP contribution in [0.3, 0.4) is 0 Å². The van der Waals surface area contributed by atoms with Gasteiger partial charge in [-0.2, -0.15) is 9.50 Å². The molecular weight excluding hydrogens is 614 g/mol. The second kappa shape index (κ2) is 11.4. The summed E-state index contributed by atoms with van der Waals surface area (Å²) in [6, 6.07) is -1.00. The molecular formula is C22H21N9O8S3. The van der Waals surface area contributed by atoms with Gasteiger partial charge in [0.1, 0.15) is 29.2 Å². The van der Waals surface area contributed by atoms with Gasteiger partial charge in [0.2, 0.25) is 5.88 Å². The molecule has 1 saturated heterocycles. The molecule has 220 valence electrons. The molecule has 0 bridgehead atoms. The van der Waals surface area contributed by atoms with Gasteiger partial charge in [-0.1, -0.05) is 5.16 Å². The van der Waals surface area contributed by atoms with Crippen molar-refractivity contribution in [2.45, 2.75) is 30.3 Å². The summed E-state index contributed by atoms with van der Waals surface area (Å²) in [5.41, 5.74) is 7.46. The van der Waals surface area contributed by atoms with Gasteiger partial charge in [-0.3, -0.25) is 14.5 Å². The summed E-state index contributed by atoms with van der Waals surface area (Å²) < 4.78 is 6.36. The number of anilines is 1. The number of nitrogen functional groups attached to an aromatic ring is 1. The fourth-order valence-corrected chi connectivity index (χ4v) is 7.23. The molecule has 2 aliphatic heterocycles. The van der Waals surface area contributed by atoms with Crippen molar-refractivity contribution in [2.75, 3.05) is 24.3 Å². The first-order chi connectivity index (χ1) is 20.0. The number of aromatic carboxylic acids is 1. The molecule has 0 unspecified atom stereocenters. The van der Waals surface area contributed by atoms with E-state index in [1.54, 1.807) is 13.8 Å². The molecule has 0 aromatic carbocycles. The predicted octanol–water partition coefficient (Wildman–Crippen LogP) is 0.927. The second-order valence-corrected chi connectivity index (χ2v) is 11.7. The van der Waals surface area contributed by atoms with Gasteiger partial charge in [-0.05, 0) is 13.8 Å². The molecule has 0 saturated carbocycles. The molecule has 3 aromatic heterocycles. The van der Waals surface area contributed by atoms with Crippen LogP contribution in [-0.4, -0.2) is 99.4 Å². The van der Waals surface area contributed by atoms with Crippen molar-refractivity contribution in [3.05, 3.63) is 39.6 Å². The summed E-state index contributed by atoms with van der Waals surface area (Å²) >= 11 is 3.63. The lowest BCUT2D eigenvalue weighted by Crippen LogP contribution is -2.70. The second-order valence-electron chi connectivity index (χ2n) is 8.70. The van der Waals surface area contributed by atoms with Gasteiger partial charge >= 0.3 is 12.1 Å². The van der Waals surface area contributed by atoms with Crippen LogP contribution in [0.15, 0.2) is 27.0 Å². The third-order valence-corrected chi connectivity index (χ3v) is 9.37. The van der Waals surface area contributed by atoms with Crippen LogP contribution in [-0.2, 0) is 19.2 Å². The molecule has 5 N–H and O–H groups in total. The zero-order chi connectivity index (χ0) is 30.3. The number of hydrogen-bond donors (Lipinski definition) is 4. The van der Waals surface area contributed by atoms with Crippen LogP contribution in [0.25, 0.3) is 5.78 Å². The zero-order valence-corrected chi connectivity index (χ0v) is 24.4. The van der Waals surface area contributed by atoms with E-state index in [0.717, 1.165) is 16.9 Å². The molecule has 0 aliphatic carbocycles. The Morgan fingerprint density at radius 3 is 2.67 bits per heavy atom. The number of thiazole rings is 1. The number of aryl methyl sites for hydroxylation is 1. The Balaban J connectivity index is 1.38. The minimum Gasteiger partial charge on any atom is -0.475 e. The molecule has 2 aliphatic rings. The van der Waals surface area contributed by atoms with E-state index < -0.39 is 41.2 Å². The smallest absolute Gasteiger partial charge is 0.475 e. The number of carbonyl (C=O) groups excluding carboxylic acids is 2. The Hall–Kier alpha value is -4.43. The highest BCUT2D eigenvalue weighted by molar-refractivity contribution is 8.01. The summed E-state index contributed by atoms with van der Waals surface area (Å²) in [4.78, 5) is 67.4. The van der Waals surface area contributed by atoms with Gasteiger partial charge < -0.3 is 30.8 Å². The maximum absolute atomic E-state index is 13.2. The van der Waals surface area contributed by atoms with Crippen LogP contribution in [0.1, 0.15) is 27.6 Å². The topological polar surface area (TPSA) is 237 Å². The van der Waals surface area contributed by atoms with Crippen molar-refractivity contribution in [1.29, 1.82) is 0 Å². The molecule has 1 fully saturated rings. The lowest BCUT2D eigenvalue weighted by molar-refractivity contribution is -0.148. The first-order valence-corrected chi connectivity index (χ1v) is 14.7. The highest BCUT2D eigenvalue weighted by atomic mass is 32.2. The number of β-lactam (4-membered cyclic amide) rings is 1. The first kappa shape index (κ1) is 29.1. The summed E-state index contributed by atoms with van der Waals surface area (Å²) in [6.07, 6.45) is -1.62. The van der Waals surface area contributed by atoms with Gasteiger partial charge in [0.25, 0.3) is 23.4 Å². The van der Waals surface area contributed by atoms with Crippen molar-refractivity contribution < 1.29 is 39.0 Å². The summed E-state index contributed by atoms with van der Waals surface area (Å²) in [5, 5.41) is 30.7. The van der Waals surface area contributed by atoms with Crippen LogP contribution in [0.5, 0.6) is 0 Å². The first-order valence-electron chi connectivity index (χ1n) is 11.8. The van der Waals surface area contributed by atoms with E-state index in [1.807, 2.05) is 0 Å². The molecule has 0 radical (unpaired) electrons. The van der Waals surface area contributed by atoms with Crippen molar-refractivity contribution in [3.63, 3.8) is 0 Å². The number of fused-ring (bicyclic) bond motifs is 2. The van der Waals surface area contributed by atoms with Crippen LogP contribution < -0.4 is 11.1 Å². The molecule has 5 rings (SSSR count). The van der Waals surface area contributed by atoms with E-state index >= 15 is 0 Å². The van der Waals surface area contributed by atoms with Crippen molar-refractivity contribution in [2.24, 2.45) is 5.16 Å². The Bertz CT molecular complexity index is 1700. The Morgan fingerprint density at radius 2 is 2.02 bits per heavy atom. The molecule has 3 aromatic rings. The van der Waals surface area contributed by atoms with E-state index in [9.17, 15) is 29.4 Å². The van der Waals surface area contributed by atoms with Crippen LogP contribution >= 0.6 is 34.9 Å². The van der Waals surface area contributed by atoms with Gasteiger partial charge in [0, 0.05) is 33.7 Å². The lowest BCUT2D eigenvalue weighted by atomic mass is 10.1. The molecule has 2 atom stereocenters. The minimum absolute atomic E-state index is 0.0975. The lowest BCUT2D eigenvalue weighted by Gasteiger charge is -2.49. The number of oxime groups is 1. The average Bonchev–Trinajstić information content (AvgIpc) is 3.56. The fourth-order valence-electron chi connectivity index (χ4n) is 4.09. The number of nitrogens with one attached hydrogen (secondary N) is 1. The maximum atomic E-state index is 13.2. The number of ether oxygens (including phenoxy) is 1. The SMILES string of the molecule is CO/N=C(\C(=O)N[C@@H]1C(=O)N2C(OC(=O)O)=C(CSc3c(C)c(C)nc4nc(C(=O)O)nn34)CS[C@H]12)c1csc(N)n1. The standard InChI is InChI=1S/C22H21N9O8S3/c1-7-8(2)24-21-27-13(19(34)35)28-31(21)17(7)40-4-9-5-41-18-12(15(33)30(18)16(9)39-22(36)37)26-14(32)11(29-38-3)10-6-42-20(23)25-10/h6,12,18H,4-5H2,1-3H3,(H2,23,25)(H,26,32)(H,34,35)(H,36,37)/b29-11-/t12-,18-/m1/s1. The quantitative estimate of drug-likeness (QED) is 0.0639. The van der Waals surface area contributed by atoms with Gasteiger partial charge in [0.15, 0.2) is 10.8 Å². The molecule has 2 amide bonds. The van der Waals surface area contributed by atoms with E-state index in [1.165, 1.54) is 45.4 Å². The van der Waals surface area contributed by atoms with Crippen molar-refractivity contribution >= 4 is 75.4 Å². The largest absolute Gasteiger partial charge is 0.512 e. The monoisotopic (exact) mass is 635 g/mol. The number of thioether (sulfide) groups is 2. The molecule has 0 spiro atoms. The normalized spacial score (nSPS) is 18.5. The van der Waals surface area contributed by atoms with Crippen molar-refractivity contribution in [3.8, 4) is 0 Å². The van der Waals surface area contributed by atoms with Gasteiger partial charge in [-0.15, -0.1) is 40.0 Å². The maximum Gasteiger partial charge on any atom is 0.512 e. The Labute approximate surface area is 248 Å². The molecule has 17 nitrogen and oxygen atoms in total. The predicted molar refractivity (Wildman–Crippen MR) is 149 cm³/mol. The fraction of sp³-hybridized carbons (Fsp3) is 0.318. The number of aromatic nitrogens is 5. The highest BCUT2D eigenvalue weighted by Gasteiger charge is 2.54. The summed E-state index contributed by atoms with van der Waals surface area (Å²) in [6.45, 7) is 3.53. The van der Waals surface area contributed by atoms with E-state index in [-0.39, 0.29) is 39.7 Å². The molecule has 42 heavy (non-hydrogen) atoms. The number of amides is 2. The number of rotatable bonds is 9.